The van der Waals surface area contributed by atoms with Crippen molar-refractivity contribution in [3.8, 4) is 0 Å². The third-order valence-electron chi connectivity index (χ3n) is 3.28. The molecule has 0 spiro atoms. The van der Waals surface area contributed by atoms with E-state index in [2.05, 4.69) is 4.98 Å². The van der Waals surface area contributed by atoms with E-state index in [0.717, 1.165) is 16.8 Å². The van der Waals surface area contributed by atoms with Gasteiger partial charge in [-0.2, -0.15) is 0 Å². The Morgan fingerprint density at radius 2 is 2.00 bits per heavy atom. The number of pyridine rings is 1. The summed E-state index contributed by atoms with van der Waals surface area (Å²) in [5, 5.41) is 10.7. The van der Waals surface area contributed by atoms with Crippen LogP contribution < -0.4 is 5.06 Å². The number of rotatable bonds is 4. The predicted molar refractivity (Wildman–Crippen MR) is 77.4 cm³/mol. The molecule has 0 unspecified atom stereocenters. The van der Waals surface area contributed by atoms with Crippen LogP contribution in [0.1, 0.15) is 11.1 Å². The number of para-hydroxylation sites is 1. The van der Waals surface area contributed by atoms with Crippen molar-refractivity contribution in [2.45, 2.75) is 13.0 Å². The van der Waals surface area contributed by atoms with Crippen LogP contribution in [-0.4, -0.2) is 16.1 Å². The highest BCUT2D eigenvalue weighted by Crippen LogP contribution is 2.29. The molecule has 21 heavy (non-hydrogen) atoms. The molecule has 0 bridgehead atoms. The largest absolute Gasteiger partial charge is 0.478 e. The van der Waals surface area contributed by atoms with E-state index in [9.17, 15) is 9.90 Å². The molecule has 2 heterocycles. The van der Waals surface area contributed by atoms with E-state index in [-0.39, 0.29) is 0 Å². The molecule has 1 N–H and O–H groups in total. The highest BCUT2D eigenvalue weighted by atomic mass is 16.7. The zero-order valence-electron chi connectivity index (χ0n) is 11.3. The van der Waals surface area contributed by atoms with Crippen molar-refractivity contribution >= 4 is 11.7 Å². The first-order chi connectivity index (χ1) is 10.2. The Morgan fingerprint density at radius 1 is 1.24 bits per heavy atom. The molecule has 0 aliphatic carbocycles. The molecule has 1 aliphatic heterocycles. The number of anilines is 1. The average molecular weight is 282 g/mol. The van der Waals surface area contributed by atoms with Gasteiger partial charge in [-0.3, -0.25) is 9.82 Å². The van der Waals surface area contributed by atoms with E-state index in [1.165, 1.54) is 11.3 Å². The zero-order chi connectivity index (χ0) is 14.7. The van der Waals surface area contributed by atoms with Crippen LogP contribution in [0.3, 0.4) is 0 Å². The molecule has 1 aliphatic rings. The average Bonchev–Trinajstić information content (AvgIpc) is 2.53. The Balaban J connectivity index is 1.84. The maximum atomic E-state index is 11.2. The molecular formula is C16H14N2O3. The number of benzene rings is 1. The molecular weight excluding hydrogens is 268 g/mol. The summed E-state index contributed by atoms with van der Waals surface area (Å²) in [6, 6.07) is 11.3. The molecule has 5 heteroatoms. The van der Waals surface area contributed by atoms with Crippen molar-refractivity contribution in [2.24, 2.45) is 0 Å². The van der Waals surface area contributed by atoms with Crippen molar-refractivity contribution in [3.63, 3.8) is 0 Å². The highest BCUT2D eigenvalue weighted by Gasteiger charge is 2.21. The first-order valence-corrected chi connectivity index (χ1v) is 6.57. The molecule has 0 amide bonds. The van der Waals surface area contributed by atoms with Gasteiger partial charge in [0.05, 0.1) is 11.3 Å². The second-order valence-electron chi connectivity index (χ2n) is 4.72. The molecule has 2 aromatic rings. The van der Waals surface area contributed by atoms with Crippen LogP contribution >= 0.6 is 0 Å². The number of hydrogen-bond acceptors (Lipinski definition) is 4. The van der Waals surface area contributed by atoms with Crippen LogP contribution in [0.4, 0.5) is 5.69 Å². The van der Waals surface area contributed by atoms with E-state index >= 15 is 0 Å². The smallest absolute Gasteiger partial charge is 0.333 e. The molecule has 3 rings (SSSR count). The monoisotopic (exact) mass is 282 g/mol. The van der Waals surface area contributed by atoms with Gasteiger partial charge in [-0.05, 0) is 29.3 Å². The lowest BCUT2D eigenvalue weighted by Crippen LogP contribution is -2.24. The number of hydroxylamine groups is 1. The van der Waals surface area contributed by atoms with Crippen LogP contribution in [0.5, 0.6) is 0 Å². The van der Waals surface area contributed by atoms with Gasteiger partial charge < -0.3 is 5.11 Å². The van der Waals surface area contributed by atoms with Crippen molar-refractivity contribution in [1.82, 2.24) is 4.98 Å². The number of aliphatic carboxylic acids is 1. The lowest BCUT2D eigenvalue weighted by molar-refractivity contribution is -0.132. The van der Waals surface area contributed by atoms with E-state index < -0.39 is 5.97 Å². The Morgan fingerprint density at radius 3 is 2.76 bits per heavy atom. The molecule has 0 radical (unpaired) electrons. The van der Waals surface area contributed by atoms with Crippen molar-refractivity contribution in [3.05, 3.63) is 71.7 Å². The molecule has 106 valence electrons. The zero-order valence-corrected chi connectivity index (χ0v) is 11.3. The fraction of sp³-hybridized carbons (Fsp3) is 0.125. The maximum Gasteiger partial charge on any atom is 0.333 e. The fourth-order valence-electron chi connectivity index (χ4n) is 2.20. The van der Waals surface area contributed by atoms with Crippen LogP contribution in [0.2, 0.25) is 0 Å². The lowest BCUT2D eigenvalue weighted by atomic mass is 10.0. The quantitative estimate of drug-likeness (QED) is 0.933. The summed E-state index contributed by atoms with van der Waals surface area (Å²) in [6.07, 6.45) is 5.33. The minimum atomic E-state index is -0.929. The van der Waals surface area contributed by atoms with Crippen LogP contribution in [0, 0.1) is 0 Å². The van der Waals surface area contributed by atoms with Gasteiger partial charge in [0.15, 0.2) is 0 Å². The number of carbonyl (C=O) groups is 1. The van der Waals surface area contributed by atoms with Gasteiger partial charge in [0.1, 0.15) is 6.61 Å². The van der Waals surface area contributed by atoms with Gasteiger partial charge in [0.25, 0.3) is 0 Å². The summed E-state index contributed by atoms with van der Waals surface area (Å²) in [5.41, 5.74) is 3.09. The summed E-state index contributed by atoms with van der Waals surface area (Å²) in [6.45, 7) is 0.347. The van der Waals surface area contributed by atoms with E-state index in [1.807, 2.05) is 36.4 Å². The summed E-state index contributed by atoms with van der Waals surface area (Å²) < 4.78 is 0. The van der Waals surface area contributed by atoms with Crippen LogP contribution in [0.25, 0.3) is 0 Å². The Hall–Kier alpha value is -2.66. The number of hydrogen-bond donors (Lipinski definition) is 1. The van der Waals surface area contributed by atoms with Gasteiger partial charge in [-0.1, -0.05) is 18.2 Å². The van der Waals surface area contributed by atoms with E-state index in [0.29, 0.717) is 18.6 Å². The SMILES string of the molecule is O=C(O)C1=CN(OCc2ccncc2)c2ccccc2C1. The normalized spacial score (nSPS) is 13.5. The lowest BCUT2D eigenvalue weighted by Gasteiger charge is -2.27. The minimum Gasteiger partial charge on any atom is -0.478 e. The topological polar surface area (TPSA) is 62.7 Å². The van der Waals surface area contributed by atoms with Gasteiger partial charge in [-0.25, -0.2) is 9.86 Å². The predicted octanol–water partition coefficient (Wildman–Crippen LogP) is 2.54. The number of fused-ring (bicyclic) bond motifs is 1. The van der Waals surface area contributed by atoms with E-state index in [1.54, 1.807) is 12.4 Å². The molecule has 1 aromatic heterocycles. The summed E-state index contributed by atoms with van der Waals surface area (Å²) in [4.78, 5) is 20.9. The van der Waals surface area contributed by atoms with Crippen LogP contribution in [-0.2, 0) is 22.7 Å². The third kappa shape index (κ3) is 2.93. The van der Waals surface area contributed by atoms with Gasteiger partial charge in [0.2, 0.25) is 0 Å². The van der Waals surface area contributed by atoms with Crippen molar-refractivity contribution < 1.29 is 14.7 Å². The summed E-state index contributed by atoms with van der Waals surface area (Å²) >= 11 is 0. The molecule has 0 atom stereocenters. The molecule has 5 nitrogen and oxygen atoms in total. The fourth-order valence-corrected chi connectivity index (χ4v) is 2.20. The summed E-state index contributed by atoms with van der Waals surface area (Å²) in [5.74, 6) is -0.929. The second kappa shape index (κ2) is 5.76. The van der Waals surface area contributed by atoms with Gasteiger partial charge >= 0.3 is 5.97 Å². The molecule has 0 saturated heterocycles. The first-order valence-electron chi connectivity index (χ1n) is 6.57. The van der Waals surface area contributed by atoms with Gasteiger partial charge in [-0.15, -0.1) is 0 Å². The number of carboxylic acids is 1. The third-order valence-corrected chi connectivity index (χ3v) is 3.28. The molecule has 1 aromatic carbocycles. The number of aromatic nitrogens is 1. The van der Waals surface area contributed by atoms with Crippen molar-refractivity contribution in [1.29, 1.82) is 0 Å². The number of nitrogens with zero attached hydrogens (tertiary/aromatic N) is 2. The Bertz CT molecular complexity index is 683. The minimum absolute atomic E-state index is 0.309. The standard InChI is InChI=1S/C16H14N2O3/c19-16(20)14-9-13-3-1-2-4-15(13)18(10-14)21-11-12-5-7-17-8-6-12/h1-8,10H,9,11H2,(H,19,20). The molecule has 0 saturated carbocycles. The summed E-state index contributed by atoms with van der Waals surface area (Å²) in [7, 11) is 0. The highest BCUT2D eigenvalue weighted by molar-refractivity contribution is 5.89. The first kappa shape index (κ1) is 13.3. The second-order valence-corrected chi connectivity index (χ2v) is 4.72. The number of carboxylic acid groups (broad SMARTS) is 1. The Labute approximate surface area is 122 Å². The van der Waals surface area contributed by atoms with Crippen LogP contribution in [0.15, 0.2) is 60.6 Å². The van der Waals surface area contributed by atoms with E-state index in [4.69, 9.17) is 4.84 Å². The maximum absolute atomic E-state index is 11.2. The van der Waals surface area contributed by atoms with Gasteiger partial charge in [0, 0.05) is 25.0 Å². The van der Waals surface area contributed by atoms with Crippen molar-refractivity contribution in [2.75, 3.05) is 5.06 Å². The Kier molecular flexibility index (Phi) is 3.66. The molecule has 0 fully saturated rings.